The monoisotopic (exact) mass is 287 g/mol. The first-order valence-electron chi connectivity index (χ1n) is 7.10. The number of aromatic nitrogens is 1. The predicted molar refractivity (Wildman–Crippen MR) is 84.5 cm³/mol. The van der Waals surface area contributed by atoms with Crippen molar-refractivity contribution < 1.29 is 9.90 Å². The lowest BCUT2D eigenvalue weighted by Crippen LogP contribution is -2.33. The summed E-state index contributed by atoms with van der Waals surface area (Å²) in [5.74, 6) is 0.519. The number of hydrogen-bond donors (Lipinski definition) is 2. The van der Waals surface area contributed by atoms with Gasteiger partial charge in [0, 0.05) is 25.5 Å². The molecule has 112 valence electrons. The SMILES string of the molecule is CCNc1nc(C(=O)N(C)CC(C)O)cc2ccccc12. The predicted octanol–water partition coefficient (Wildman–Crippen LogP) is 2.12. The topological polar surface area (TPSA) is 65.5 Å². The number of hydrogen-bond acceptors (Lipinski definition) is 4. The first kappa shape index (κ1) is 15.3. The van der Waals surface area contributed by atoms with Crippen LogP contribution in [0, 0.1) is 0 Å². The summed E-state index contributed by atoms with van der Waals surface area (Å²) in [6, 6.07) is 9.62. The van der Waals surface area contributed by atoms with Crippen LogP contribution in [-0.4, -0.2) is 47.1 Å². The van der Waals surface area contributed by atoms with Crippen molar-refractivity contribution in [2.24, 2.45) is 0 Å². The fraction of sp³-hybridized carbons (Fsp3) is 0.375. The number of nitrogens with one attached hydrogen (secondary N) is 1. The maximum atomic E-state index is 12.4. The molecular weight excluding hydrogens is 266 g/mol. The van der Waals surface area contributed by atoms with Crippen LogP contribution in [0.25, 0.3) is 10.8 Å². The zero-order valence-corrected chi connectivity index (χ0v) is 12.6. The van der Waals surface area contributed by atoms with Gasteiger partial charge in [-0.1, -0.05) is 24.3 Å². The molecule has 21 heavy (non-hydrogen) atoms. The molecule has 0 saturated carbocycles. The van der Waals surface area contributed by atoms with Crippen LogP contribution in [0.2, 0.25) is 0 Å². The summed E-state index contributed by atoms with van der Waals surface area (Å²) in [5.41, 5.74) is 0.382. The lowest BCUT2D eigenvalue weighted by Gasteiger charge is -2.19. The molecule has 0 saturated heterocycles. The quantitative estimate of drug-likeness (QED) is 0.884. The summed E-state index contributed by atoms with van der Waals surface area (Å²) in [4.78, 5) is 18.3. The lowest BCUT2D eigenvalue weighted by molar-refractivity contribution is 0.0698. The minimum atomic E-state index is -0.562. The van der Waals surface area contributed by atoms with Crippen molar-refractivity contribution in [2.75, 3.05) is 25.5 Å². The molecule has 2 N–H and O–H groups in total. The van der Waals surface area contributed by atoms with Gasteiger partial charge in [-0.25, -0.2) is 4.98 Å². The second kappa shape index (κ2) is 6.54. The van der Waals surface area contributed by atoms with Gasteiger partial charge in [0.1, 0.15) is 11.5 Å². The number of rotatable bonds is 5. The Morgan fingerprint density at radius 3 is 2.81 bits per heavy atom. The summed E-state index contributed by atoms with van der Waals surface area (Å²) in [6.45, 7) is 4.66. The van der Waals surface area contributed by atoms with Crippen LogP contribution in [0.3, 0.4) is 0 Å². The van der Waals surface area contributed by atoms with E-state index in [0.29, 0.717) is 11.5 Å². The number of aliphatic hydroxyl groups excluding tert-OH is 1. The Hall–Kier alpha value is -2.14. The van der Waals surface area contributed by atoms with Gasteiger partial charge < -0.3 is 15.3 Å². The third-order valence-corrected chi connectivity index (χ3v) is 3.19. The maximum absolute atomic E-state index is 12.4. The number of aliphatic hydroxyl groups is 1. The number of carbonyl (C=O) groups is 1. The molecule has 0 aliphatic rings. The van der Waals surface area contributed by atoms with Crippen LogP contribution in [0.15, 0.2) is 30.3 Å². The number of benzene rings is 1. The Kier molecular flexibility index (Phi) is 4.75. The summed E-state index contributed by atoms with van der Waals surface area (Å²) < 4.78 is 0. The molecule has 2 aromatic rings. The third-order valence-electron chi connectivity index (χ3n) is 3.19. The molecule has 5 nitrogen and oxygen atoms in total. The molecule has 0 radical (unpaired) electrons. The van der Waals surface area contributed by atoms with Crippen LogP contribution in [0.5, 0.6) is 0 Å². The Morgan fingerprint density at radius 2 is 2.14 bits per heavy atom. The zero-order chi connectivity index (χ0) is 15.4. The van der Waals surface area contributed by atoms with E-state index in [2.05, 4.69) is 10.3 Å². The standard InChI is InChI=1S/C16H21N3O2/c1-4-17-15-13-8-6-5-7-12(13)9-14(18-15)16(21)19(3)10-11(2)20/h5-9,11,20H,4,10H2,1-3H3,(H,17,18). The third kappa shape index (κ3) is 3.49. The number of pyridine rings is 1. The van der Waals surface area contributed by atoms with Crippen molar-refractivity contribution in [3.63, 3.8) is 0 Å². The summed E-state index contributed by atoms with van der Waals surface area (Å²) in [5, 5.41) is 14.6. The molecule has 0 aliphatic heterocycles. The van der Waals surface area contributed by atoms with Gasteiger partial charge in [0.25, 0.3) is 5.91 Å². The molecule has 1 unspecified atom stereocenters. The summed E-state index contributed by atoms with van der Waals surface area (Å²) >= 11 is 0. The Labute approximate surface area is 124 Å². The van der Waals surface area contributed by atoms with E-state index in [-0.39, 0.29) is 12.5 Å². The Balaban J connectivity index is 2.42. The minimum Gasteiger partial charge on any atom is -0.392 e. The van der Waals surface area contributed by atoms with E-state index >= 15 is 0 Å². The number of fused-ring (bicyclic) bond motifs is 1. The van der Waals surface area contributed by atoms with Gasteiger partial charge in [0.05, 0.1) is 6.10 Å². The van der Waals surface area contributed by atoms with Crippen LogP contribution in [0.1, 0.15) is 24.3 Å². The number of carbonyl (C=O) groups excluding carboxylic acids is 1. The Morgan fingerprint density at radius 1 is 1.43 bits per heavy atom. The van der Waals surface area contributed by atoms with Crippen LogP contribution < -0.4 is 5.32 Å². The van der Waals surface area contributed by atoms with E-state index < -0.39 is 6.10 Å². The molecule has 0 bridgehead atoms. The molecule has 1 aromatic heterocycles. The second-order valence-corrected chi connectivity index (χ2v) is 5.14. The van der Waals surface area contributed by atoms with E-state index in [4.69, 9.17) is 0 Å². The highest BCUT2D eigenvalue weighted by molar-refractivity contribution is 6.00. The second-order valence-electron chi connectivity index (χ2n) is 5.14. The van der Waals surface area contributed by atoms with Crippen LogP contribution >= 0.6 is 0 Å². The average Bonchev–Trinajstić information content (AvgIpc) is 2.46. The van der Waals surface area contributed by atoms with Gasteiger partial charge in [-0.2, -0.15) is 0 Å². The van der Waals surface area contributed by atoms with Crippen molar-refractivity contribution in [3.05, 3.63) is 36.0 Å². The molecule has 1 aromatic carbocycles. The number of anilines is 1. The fourth-order valence-corrected chi connectivity index (χ4v) is 2.29. The molecular formula is C16H21N3O2. The van der Waals surface area contributed by atoms with E-state index in [0.717, 1.165) is 17.3 Å². The molecule has 2 rings (SSSR count). The van der Waals surface area contributed by atoms with Crippen LogP contribution in [-0.2, 0) is 0 Å². The number of nitrogens with zero attached hydrogens (tertiary/aromatic N) is 2. The van der Waals surface area contributed by atoms with Gasteiger partial charge in [0.15, 0.2) is 0 Å². The molecule has 0 fully saturated rings. The summed E-state index contributed by atoms with van der Waals surface area (Å²) in [6.07, 6.45) is -0.562. The molecule has 1 atom stereocenters. The maximum Gasteiger partial charge on any atom is 0.272 e. The first-order chi connectivity index (χ1) is 10.0. The van der Waals surface area contributed by atoms with Crippen molar-refractivity contribution in [1.82, 2.24) is 9.88 Å². The van der Waals surface area contributed by atoms with E-state index in [1.807, 2.05) is 31.2 Å². The van der Waals surface area contributed by atoms with Crippen molar-refractivity contribution in [1.29, 1.82) is 0 Å². The highest BCUT2D eigenvalue weighted by atomic mass is 16.3. The largest absolute Gasteiger partial charge is 0.392 e. The molecule has 1 heterocycles. The molecule has 0 spiro atoms. The molecule has 0 aliphatic carbocycles. The first-order valence-corrected chi connectivity index (χ1v) is 7.10. The van der Waals surface area contributed by atoms with Crippen LogP contribution in [0.4, 0.5) is 5.82 Å². The smallest absolute Gasteiger partial charge is 0.272 e. The van der Waals surface area contributed by atoms with Gasteiger partial charge in [-0.3, -0.25) is 4.79 Å². The molecule has 5 heteroatoms. The lowest BCUT2D eigenvalue weighted by atomic mass is 10.1. The van der Waals surface area contributed by atoms with Crippen molar-refractivity contribution in [2.45, 2.75) is 20.0 Å². The van der Waals surface area contributed by atoms with Crippen molar-refractivity contribution in [3.8, 4) is 0 Å². The van der Waals surface area contributed by atoms with E-state index in [1.165, 1.54) is 4.90 Å². The van der Waals surface area contributed by atoms with Gasteiger partial charge >= 0.3 is 0 Å². The van der Waals surface area contributed by atoms with E-state index in [9.17, 15) is 9.90 Å². The van der Waals surface area contributed by atoms with Gasteiger partial charge in [-0.15, -0.1) is 0 Å². The zero-order valence-electron chi connectivity index (χ0n) is 12.6. The Bertz CT molecular complexity index is 640. The van der Waals surface area contributed by atoms with Gasteiger partial charge in [-0.05, 0) is 25.3 Å². The number of likely N-dealkylation sites (N-methyl/N-ethyl adjacent to an activating group) is 1. The average molecular weight is 287 g/mol. The number of amides is 1. The van der Waals surface area contributed by atoms with Gasteiger partial charge in [0.2, 0.25) is 0 Å². The minimum absolute atomic E-state index is 0.194. The highest BCUT2D eigenvalue weighted by Crippen LogP contribution is 2.23. The molecule has 1 amide bonds. The van der Waals surface area contributed by atoms with Crippen molar-refractivity contribution >= 4 is 22.5 Å². The fourth-order valence-electron chi connectivity index (χ4n) is 2.29. The highest BCUT2D eigenvalue weighted by Gasteiger charge is 2.17. The summed E-state index contributed by atoms with van der Waals surface area (Å²) in [7, 11) is 1.67. The van der Waals surface area contributed by atoms with E-state index in [1.54, 1.807) is 20.0 Å². The normalized spacial score (nSPS) is 12.2.